The minimum Gasteiger partial charge on any atom is -0.333 e. The summed E-state index contributed by atoms with van der Waals surface area (Å²) < 4.78 is 2.14. The van der Waals surface area contributed by atoms with Gasteiger partial charge in [0.2, 0.25) is 0 Å². The molecule has 0 saturated heterocycles. The Morgan fingerprint density at radius 3 is 2.89 bits per heavy atom. The lowest BCUT2D eigenvalue weighted by Gasteiger charge is -2.05. The van der Waals surface area contributed by atoms with E-state index < -0.39 is 0 Å². The lowest BCUT2D eigenvalue weighted by atomic mass is 10.1. The SMILES string of the molecule is CCCNCc1cn(Cc2ccccc2C)cn1. The van der Waals surface area contributed by atoms with Gasteiger partial charge < -0.3 is 9.88 Å². The quantitative estimate of drug-likeness (QED) is 0.791. The summed E-state index contributed by atoms with van der Waals surface area (Å²) in [4.78, 5) is 4.41. The second kappa shape index (κ2) is 6.36. The second-order valence-electron chi connectivity index (χ2n) is 4.64. The molecule has 0 radical (unpaired) electrons. The third-order valence-corrected chi connectivity index (χ3v) is 3.03. The van der Waals surface area contributed by atoms with Crippen LogP contribution >= 0.6 is 0 Å². The number of aromatic nitrogens is 2. The van der Waals surface area contributed by atoms with E-state index in [1.165, 1.54) is 11.1 Å². The molecule has 0 unspecified atom stereocenters. The molecular weight excluding hydrogens is 222 g/mol. The van der Waals surface area contributed by atoms with E-state index in [0.717, 1.165) is 31.7 Å². The average Bonchev–Trinajstić information content (AvgIpc) is 2.80. The van der Waals surface area contributed by atoms with Crippen LogP contribution in [0, 0.1) is 6.92 Å². The Bertz CT molecular complexity index is 488. The molecule has 0 bridgehead atoms. The number of hydrogen-bond donors (Lipinski definition) is 1. The van der Waals surface area contributed by atoms with E-state index in [-0.39, 0.29) is 0 Å². The van der Waals surface area contributed by atoms with Crippen LogP contribution in [-0.2, 0) is 13.1 Å². The molecule has 1 heterocycles. The first-order valence-electron chi connectivity index (χ1n) is 6.55. The third-order valence-electron chi connectivity index (χ3n) is 3.03. The van der Waals surface area contributed by atoms with Gasteiger partial charge in [-0.25, -0.2) is 4.98 Å². The number of imidazole rings is 1. The molecular formula is C15H21N3. The van der Waals surface area contributed by atoms with Crippen LogP contribution in [0.1, 0.15) is 30.2 Å². The standard InChI is InChI=1S/C15H21N3/c1-3-8-16-9-15-11-18(12-17-15)10-14-7-5-4-6-13(14)2/h4-7,11-12,16H,3,8-10H2,1-2H3. The predicted octanol–water partition coefficient (Wildman–Crippen LogP) is 2.74. The van der Waals surface area contributed by atoms with Gasteiger partial charge in [0.25, 0.3) is 0 Å². The minimum atomic E-state index is 0.856. The fourth-order valence-electron chi connectivity index (χ4n) is 1.96. The summed E-state index contributed by atoms with van der Waals surface area (Å²) in [6.45, 7) is 7.12. The topological polar surface area (TPSA) is 29.9 Å². The van der Waals surface area contributed by atoms with Crippen LogP contribution in [0.25, 0.3) is 0 Å². The first-order valence-corrected chi connectivity index (χ1v) is 6.55. The summed E-state index contributed by atoms with van der Waals surface area (Å²) in [5.41, 5.74) is 3.79. The molecule has 0 aliphatic heterocycles. The van der Waals surface area contributed by atoms with Crippen molar-refractivity contribution in [1.29, 1.82) is 0 Å². The van der Waals surface area contributed by atoms with Gasteiger partial charge in [-0.05, 0) is 31.0 Å². The molecule has 0 fully saturated rings. The van der Waals surface area contributed by atoms with Gasteiger partial charge in [-0.15, -0.1) is 0 Å². The van der Waals surface area contributed by atoms with Crippen molar-refractivity contribution in [3.05, 3.63) is 53.6 Å². The van der Waals surface area contributed by atoms with Gasteiger partial charge in [0.1, 0.15) is 0 Å². The summed E-state index contributed by atoms with van der Waals surface area (Å²) in [6, 6.07) is 8.48. The molecule has 0 atom stereocenters. The maximum Gasteiger partial charge on any atom is 0.0953 e. The Hall–Kier alpha value is -1.61. The fraction of sp³-hybridized carbons (Fsp3) is 0.400. The highest BCUT2D eigenvalue weighted by atomic mass is 15.0. The maximum absolute atomic E-state index is 4.41. The zero-order chi connectivity index (χ0) is 12.8. The van der Waals surface area contributed by atoms with Crippen molar-refractivity contribution >= 4 is 0 Å². The van der Waals surface area contributed by atoms with Gasteiger partial charge in [0, 0.05) is 19.3 Å². The molecule has 2 aromatic rings. The van der Waals surface area contributed by atoms with Crippen LogP contribution in [0.2, 0.25) is 0 Å². The maximum atomic E-state index is 4.41. The van der Waals surface area contributed by atoms with Crippen molar-refractivity contribution in [3.63, 3.8) is 0 Å². The second-order valence-corrected chi connectivity index (χ2v) is 4.64. The van der Waals surface area contributed by atoms with Crippen LogP contribution in [-0.4, -0.2) is 16.1 Å². The molecule has 0 amide bonds. The van der Waals surface area contributed by atoms with Gasteiger partial charge in [-0.2, -0.15) is 0 Å². The third kappa shape index (κ3) is 3.44. The Balaban J connectivity index is 1.96. The number of aryl methyl sites for hydroxylation is 1. The first kappa shape index (κ1) is 12.8. The van der Waals surface area contributed by atoms with Gasteiger partial charge >= 0.3 is 0 Å². The van der Waals surface area contributed by atoms with Crippen LogP contribution in [0.15, 0.2) is 36.8 Å². The van der Waals surface area contributed by atoms with Crippen molar-refractivity contribution < 1.29 is 0 Å². The fourth-order valence-corrected chi connectivity index (χ4v) is 1.96. The Morgan fingerprint density at radius 2 is 2.11 bits per heavy atom. The molecule has 18 heavy (non-hydrogen) atoms. The average molecular weight is 243 g/mol. The highest BCUT2D eigenvalue weighted by Crippen LogP contribution is 2.09. The van der Waals surface area contributed by atoms with Crippen molar-refractivity contribution in [2.45, 2.75) is 33.4 Å². The summed E-state index contributed by atoms with van der Waals surface area (Å²) in [6.07, 6.45) is 5.19. The zero-order valence-electron chi connectivity index (χ0n) is 11.2. The van der Waals surface area contributed by atoms with E-state index in [4.69, 9.17) is 0 Å². The molecule has 0 saturated carbocycles. The Labute approximate surface area is 109 Å². The number of hydrogen-bond acceptors (Lipinski definition) is 2. The molecule has 1 N–H and O–H groups in total. The first-order chi connectivity index (χ1) is 8.79. The van der Waals surface area contributed by atoms with Crippen molar-refractivity contribution in [2.75, 3.05) is 6.54 Å². The summed E-state index contributed by atoms with van der Waals surface area (Å²) in [5.74, 6) is 0. The molecule has 2 rings (SSSR count). The molecule has 0 aliphatic carbocycles. The van der Waals surface area contributed by atoms with Crippen molar-refractivity contribution in [2.24, 2.45) is 0 Å². The summed E-state index contributed by atoms with van der Waals surface area (Å²) >= 11 is 0. The van der Waals surface area contributed by atoms with Crippen molar-refractivity contribution in [3.8, 4) is 0 Å². The lowest BCUT2D eigenvalue weighted by molar-refractivity contribution is 0.665. The lowest BCUT2D eigenvalue weighted by Crippen LogP contribution is -2.13. The highest BCUT2D eigenvalue weighted by molar-refractivity contribution is 5.25. The van der Waals surface area contributed by atoms with E-state index in [2.05, 4.69) is 59.2 Å². The van der Waals surface area contributed by atoms with E-state index >= 15 is 0 Å². The number of benzene rings is 1. The van der Waals surface area contributed by atoms with E-state index in [9.17, 15) is 0 Å². The van der Waals surface area contributed by atoms with E-state index in [0.29, 0.717) is 0 Å². The zero-order valence-corrected chi connectivity index (χ0v) is 11.2. The molecule has 1 aromatic heterocycles. The molecule has 0 aliphatic rings. The van der Waals surface area contributed by atoms with Crippen LogP contribution in [0.5, 0.6) is 0 Å². The monoisotopic (exact) mass is 243 g/mol. The van der Waals surface area contributed by atoms with Gasteiger partial charge in [0.15, 0.2) is 0 Å². The molecule has 0 spiro atoms. The molecule has 3 heteroatoms. The van der Waals surface area contributed by atoms with Crippen LogP contribution < -0.4 is 5.32 Å². The minimum absolute atomic E-state index is 0.856. The van der Waals surface area contributed by atoms with Crippen LogP contribution in [0.3, 0.4) is 0 Å². The molecule has 96 valence electrons. The van der Waals surface area contributed by atoms with Gasteiger partial charge in [-0.3, -0.25) is 0 Å². The van der Waals surface area contributed by atoms with Crippen molar-refractivity contribution in [1.82, 2.24) is 14.9 Å². The van der Waals surface area contributed by atoms with Gasteiger partial charge in [0.05, 0.1) is 12.0 Å². The Morgan fingerprint density at radius 1 is 1.28 bits per heavy atom. The van der Waals surface area contributed by atoms with Gasteiger partial charge in [-0.1, -0.05) is 31.2 Å². The van der Waals surface area contributed by atoms with E-state index in [1.807, 2.05) is 6.33 Å². The molecule has 1 aromatic carbocycles. The highest BCUT2D eigenvalue weighted by Gasteiger charge is 2.01. The van der Waals surface area contributed by atoms with E-state index in [1.54, 1.807) is 0 Å². The number of rotatable bonds is 6. The summed E-state index contributed by atoms with van der Waals surface area (Å²) in [7, 11) is 0. The Kier molecular flexibility index (Phi) is 4.53. The largest absolute Gasteiger partial charge is 0.333 e. The number of nitrogens with zero attached hydrogens (tertiary/aromatic N) is 2. The molecule has 3 nitrogen and oxygen atoms in total. The smallest absolute Gasteiger partial charge is 0.0953 e. The number of nitrogens with one attached hydrogen (secondary N) is 1. The predicted molar refractivity (Wildman–Crippen MR) is 74.5 cm³/mol. The normalized spacial score (nSPS) is 10.8. The van der Waals surface area contributed by atoms with Crippen LogP contribution in [0.4, 0.5) is 0 Å². The summed E-state index contributed by atoms with van der Waals surface area (Å²) in [5, 5.41) is 3.36.